The van der Waals surface area contributed by atoms with Crippen molar-refractivity contribution in [2.45, 2.75) is 43.7 Å². The maximum absolute atomic E-state index is 11.0. The number of halogens is 1. The third-order valence-electron chi connectivity index (χ3n) is 4.75. The van der Waals surface area contributed by atoms with Crippen LogP contribution in [-0.4, -0.2) is 41.8 Å². The second-order valence-electron chi connectivity index (χ2n) is 6.14. The number of fused-ring (bicyclic) bond motifs is 1. The van der Waals surface area contributed by atoms with Crippen LogP contribution in [0.2, 0.25) is 0 Å². The summed E-state index contributed by atoms with van der Waals surface area (Å²) in [7, 11) is 1.68. The molecule has 2 atom stereocenters. The minimum absolute atomic E-state index is 0.569. The van der Waals surface area contributed by atoms with Crippen LogP contribution in [0.15, 0.2) is 22.7 Å². The van der Waals surface area contributed by atoms with E-state index in [1.165, 1.54) is 19.4 Å². The van der Waals surface area contributed by atoms with Gasteiger partial charge < -0.3 is 14.7 Å². The molecular weight excluding hydrogens is 318 g/mol. The number of ether oxygens (including phenoxy) is 1. The summed E-state index contributed by atoms with van der Waals surface area (Å²) in [6.45, 7) is 2.24. The van der Waals surface area contributed by atoms with Crippen molar-refractivity contribution >= 4 is 15.9 Å². The van der Waals surface area contributed by atoms with Gasteiger partial charge in [-0.25, -0.2) is 0 Å². The van der Waals surface area contributed by atoms with E-state index in [0.29, 0.717) is 12.5 Å². The summed E-state index contributed by atoms with van der Waals surface area (Å²) < 4.78 is 6.35. The average Bonchev–Trinajstić information content (AvgIpc) is 2.88. The zero-order valence-electron chi connectivity index (χ0n) is 11.9. The highest BCUT2D eigenvalue weighted by Crippen LogP contribution is 2.36. The maximum atomic E-state index is 11.0. The standard InChI is InChI=1S/C16H22BrNO2/c1-20-14-4-5-15(17)12(9-14)10-16(19)6-8-18-7-2-3-13(18)11-16/h4-5,9,13,19H,2-3,6-8,10-11H2,1H3. The number of benzene rings is 1. The predicted octanol–water partition coefficient (Wildman–Crippen LogP) is 2.99. The van der Waals surface area contributed by atoms with Gasteiger partial charge in [-0.3, -0.25) is 0 Å². The van der Waals surface area contributed by atoms with E-state index in [0.717, 1.165) is 35.2 Å². The van der Waals surface area contributed by atoms with Crippen LogP contribution in [0.1, 0.15) is 31.2 Å². The van der Waals surface area contributed by atoms with Crippen LogP contribution < -0.4 is 4.74 Å². The molecule has 4 heteroatoms. The molecule has 20 heavy (non-hydrogen) atoms. The van der Waals surface area contributed by atoms with E-state index in [2.05, 4.69) is 20.8 Å². The van der Waals surface area contributed by atoms with E-state index in [1.54, 1.807) is 7.11 Å². The molecule has 3 nitrogen and oxygen atoms in total. The molecule has 2 aliphatic heterocycles. The summed E-state index contributed by atoms with van der Waals surface area (Å²) in [6.07, 6.45) is 4.99. The number of methoxy groups -OCH3 is 1. The summed E-state index contributed by atoms with van der Waals surface area (Å²) in [4.78, 5) is 2.54. The van der Waals surface area contributed by atoms with Crippen LogP contribution in [0.4, 0.5) is 0 Å². The van der Waals surface area contributed by atoms with E-state index in [1.807, 2.05) is 18.2 Å². The average molecular weight is 340 g/mol. The molecule has 0 saturated carbocycles. The van der Waals surface area contributed by atoms with Crippen LogP contribution in [0.5, 0.6) is 5.75 Å². The first-order valence-electron chi connectivity index (χ1n) is 7.38. The fourth-order valence-corrected chi connectivity index (χ4v) is 4.03. The first kappa shape index (κ1) is 14.4. The first-order valence-corrected chi connectivity index (χ1v) is 8.18. The van der Waals surface area contributed by atoms with Crippen LogP contribution in [-0.2, 0) is 6.42 Å². The van der Waals surface area contributed by atoms with Gasteiger partial charge in [-0.15, -0.1) is 0 Å². The van der Waals surface area contributed by atoms with Crippen molar-refractivity contribution < 1.29 is 9.84 Å². The molecule has 2 aliphatic rings. The van der Waals surface area contributed by atoms with Crippen molar-refractivity contribution in [1.29, 1.82) is 0 Å². The smallest absolute Gasteiger partial charge is 0.119 e. The summed E-state index contributed by atoms with van der Waals surface area (Å²) in [5.41, 5.74) is 0.568. The van der Waals surface area contributed by atoms with E-state index in [9.17, 15) is 5.11 Å². The Kier molecular flexibility index (Phi) is 4.07. The normalized spacial score (nSPS) is 30.2. The highest BCUT2D eigenvalue weighted by molar-refractivity contribution is 9.10. The van der Waals surface area contributed by atoms with Crippen LogP contribution in [0, 0.1) is 0 Å². The van der Waals surface area contributed by atoms with Crippen molar-refractivity contribution in [1.82, 2.24) is 4.90 Å². The predicted molar refractivity (Wildman–Crippen MR) is 83.2 cm³/mol. The van der Waals surface area contributed by atoms with Gasteiger partial charge in [0.05, 0.1) is 12.7 Å². The van der Waals surface area contributed by atoms with E-state index >= 15 is 0 Å². The van der Waals surface area contributed by atoms with Crippen LogP contribution in [0.25, 0.3) is 0 Å². The maximum Gasteiger partial charge on any atom is 0.119 e. The summed E-state index contributed by atoms with van der Waals surface area (Å²) in [6, 6.07) is 6.56. The molecule has 1 N–H and O–H groups in total. The third-order valence-corrected chi connectivity index (χ3v) is 5.53. The number of hydrogen-bond donors (Lipinski definition) is 1. The molecule has 2 fully saturated rings. The van der Waals surface area contributed by atoms with Gasteiger partial charge in [0.1, 0.15) is 5.75 Å². The molecule has 0 aliphatic carbocycles. The van der Waals surface area contributed by atoms with Crippen molar-refractivity contribution in [3.63, 3.8) is 0 Å². The van der Waals surface area contributed by atoms with Gasteiger partial charge in [0.2, 0.25) is 0 Å². The van der Waals surface area contributed by atoms with Gasteiger partial charge in [-0.1, -0.05) is 15.9 Å². The zero-order chi connectivity index (χ0) is 14.2. The number of piperidine rings is 1. The third kappa shape index (κ3) is 2.87. The Morgan fingerprint density at radius 3 is 3.10 bits per heavy atom. The Bertz CT molecular complexity index is 493. The molecule has 0 bridgehead atoms. The highest BCUT2D eigenvalue weighted by atomic mass is 79.9. The molecule has 0 aromatic heterocycles. The largest absolute Gasteiger partial charge is 0.497 e. The molecule has 0 radical (unpaired) electrons. The minimum atomic E-state index is -0.569. The monoisotopic (exact) mass is 339 g/mol. The van der Waals surface area contributed by atoms with Crippen LogP contribution in [0.3, 0.4) is 0 Å². The second-order valence-corrected chi connectivity index (χ2v) is 7.00. The number of nitrogens with zero attached hydrogens (tertiary/aromatic N) is 1. The summed E-state index contributed by atoms with van der Waals surface area (Å²) in [5.74, 6) is 0.852. The second kappa shape index (κ2) is 5.66. The van der Waals surface area contributed by atoms with Gasteiger partial charge in [-0.05, 0) is 56.0 Å². The highest BCUT2D eigenvalue weighted by Gasteiger charge is 2.40. The van der Waals surface area contributed by atoms with Gasteiger partial charge in [-0.2, -0.15) is 0 Å². The topological polar surface area (TPSA) is 32.7 Å². The molecule has 1 aromatic rings. The SMILES string of the molecule is COc1ccc(Br)c(CC2(O)CCN3CCCC3C2)c1. The summed E-state index contributed by atoms with van der Waals surface area (Å²) in [5, 5.41) is 11.0. The Hall–Kier alpha value is -0.580. The quantitative estimate of drug-likeness (QED) is 0.918. The Labute approximate surface area is 129 Å². The Balaban J connectivity index is 1.76. The van der Waals surface area contributed by atoms with Gasteiger partial charge in [0, 0.05) is 23.5 Å². The lowest BCUT2D eigenvalue weighted by molar-refractivity contribution is -0.0355. The molecule has 2 heterocycles. The van der Waals surface area contributed by atoms with Crippen molar-refractivity contribution in [3.05, 3.63) is 28.2 Å². The van der Waals surface area contributed by atoms with Crippen molar-refractivity contribution in [3.8, 4) is 5.75 Å². The first-order chi connectivity index (χ1) is 9.59. The number of hydrogen-bond acceptors (Lipinski definition) is 3. The van der Waals surface area contributed by atoms with Gasteiger partial charge in [0.15, 0.2) is 0 Å². The van der Waals surface area contributed by atoms with Crippen LogP contribution >= 0.6 is 15.9 Å². The van der Waals surface area contributed by atoms with Crippen molar-refractivity contribution in [2.75, 3.05) is 20.2 Å². The molecule has 2 unspecified atom stereocenters. The summed E-state index contributed by atoms with van der Waals surface area (Å²) >= 11 is 3.59. The molecule has 0 amide bonds. The Morgan fingerprint density at radius 1 is 1.45 bits per heavy atom. The minimum Gasteiger partial charge on any atom is -0.497 e. The molecule has 2 saturated heterocycles. The molecular formula is C16H22BrNO2. The van der Waals surface area contributed by atoms with Gasteiger partial charge >= 0.3 is 0 Å². The van der Waals surface area contributed by atoms with Gasteiger partial charge in [0.25, 0.3) is 0 Å². The Morgan fingerprint density at radius 2 is 2.30 bits per heavy atom. The van der Waals surface area contributed by atoms with E-state index in [-0.39, 0.29) is 0 Å². The number of rotatable bonds is 3. The molecule has 0 spiro atoms. The molecule has 3 rings (SSSR count). The fraction of sp³-hybridized carbons (Fsp3) is 0.625. The molecule has 110 valence electrons. The lowest BCUT2D eigenvalue weighted by Crippen LogP contribution is -2.48. The van der Waals surface area contributed by atoms with Crippen molar-refractivity contribution in [2.24, 2.45) is 0 Å². The zero-order valence-corrected chi connectivity index (χ0v) is 13.5. The lowest BCUT2D eigenvalue weighted by atomic mass is 9.82. The fourth-order valence-electron chi connectivity index (χ4n) is 3.64. The lowest BCUT2D eigenvalue weighted by Gasteiger charge is -2.41. The van der Waals surface area contributed by atoms with E-state index in [4.69, 9.17) is 4.74 Å². The number of aliphatic hydroxyl groups is 1. The van der Waals surface area contributed by atoms with E-state index < -0.39 is 5.60 Å². The molecule has 1 aromatic carbocycles.